The van der Waals surface area contributed by atoms with E-state index in [0.717, 1.165) is 0 Å². The summed E-state index contributed by atoms with van der Waals surface area (Å²) >= 11 is 6.24. The van der Waals surface area contributed by atoms with Gasteiger partial charge in [0, 0.05) is 12.2 Å². The number of nitrogens with one attached hydrogen (secondary N) is 1. The Morgan fingerprint density at radius 1 is 1.06 bits per heavy atom. The summed E-state index contributed by atoms with van der Waals surface area (Å²) in [5, 5.41) is 2.77. The lowest BCUT2D eigenvalue weighted by molar-refractivity contribution is 0.102. The SMILES string of the molecule is CCN(c1ccccc1)S(=O)(=O)c1cc(NC(=O)c2cccc3c2OCO3)ccc1Cl. The van der Waals surface area contributed by atoms with Crippen LogP contribution in [0.2, 0.25) is 5.02 Å². The number of hydrogen-bond donors (Lipinski definition) is 1. The van der Waals surface area contributed by atoms with Crippen molar-refractivity contribution in [2.75, 3.05) is 23.0 Å². The molecule has 1 aliphatic rings. The Morgan fingerprint density at radius 2 is 1.84 bits per heavy atom. The van der Waals surface area contributed by atoms with E-state index in [1.54, 1.807) is 55.5 Å². The molecule has 0 unspecified atom stereocenters. The standard InChI is InChI=1S/C22H19ClN2O5S/c1-2-25(16-7-4-3-5-8-16)31(27,28)20-13-15(11-12-18(20)23)24-22(26)17-9-6-10-19-21(17)30-14-29-19/h3-13H,2,14H2,1H3,(H,24,26). The van der Waals surface area contributed by atoms with Crippen LogP contribution in [0.5, 0.6) is 11.5 Å². The van der Waals surface area contributed by atoms with Gasteiger partial charge in [0.25, 0.3) is 15.9 Å². The van der Waals surface area contributed by atoms with Crippen LogP contribution >= 0.6 is 11.6 Å². The first-order valence-corrected chi connectivity index (χ1v) is 11.3. The summed E-state index contributed by atoms with van der Waals surface area (Å²) in [7, 11) is -3.96. The molecule has 1 amide bonds. The van der Waals surface area contributed by atoms with Crippen LogP contribution in [0.1, 0.15) is 17.3 Å². The topological polar surface area (TPSA) is 84.9 Å². The van der Waals surface area contributed by atoms with Crippen molar-refractivity contribution < 1.29 is 22.7 Å². The van der Waals surface area contributed by atoms with Crippen molar-refractivity contribution in [3.63, 3.8) is 0 Å². The molecular weight excluding hydrogens is 440 g/mol. The minimum Gasteiger partial charge on any atom is -0.454 e. The average molecular weight is 459 g/mol. The Morgan fingerprint density at radius 3 is 2.58 bits per heavy atom. The van der Waals surface area contributed by atoms with Crippen LogP contribution in [0, 0.1) is 0 Å². The van der Waals surface area contributed by atoms with E-state index >= 15 is 0 Å². The lowest BCUT2D eigenvalue weighted by atomic mass is 10.1. The molecule has 0 saturated heterocycles. The number of ether oxygens (including phenoxy) is 2. The first-order chi connectivity index (χ1) is 14.9. The van der Waals surface area contributed by atoms with Gasteiger partial charge in [0.1, 0.15) is 4.90 Å². The van der Waals surface area contributed by atoms with Gasteiger partial charge in [-0.05, 0) is 49.4 Å². The van der Waals surface area contributed by atoms with E-state index in [9.17, 15) is 13.2 Å². The van der Waals surface area contributed by atoms with Crippen LogP contribution in [0.15, 0.2) is 71.6 Å². The highest BCUT2D eigenvalue weighted by atomic mass is 35.5. The van der Waals surface area contributed by atoms with Crippen molar-refractivity contribution in [1.29, 1.82) is 0 Å². The van der Waals surface area contributed by atoms with Gasteiger partial charge < -0.3 is 14.8 Å². The smallest absolute Gasteiger partial charge is 0.265 e. The molecule has 160 valence electrons. The Labute approximate surface area is 185 Å². The molecule has 9 heteroatoms. The highest BCUT2D eigenvalue weighted by Gasteiger charge is 2.27. The predicted molar refractivity (Wildman–Crippen MR) is 119 cm³/mol. The molecule has 3 aromatic carbocycles. The van der Waals surface area contributed by atoms with Gasteiger partial charge in [-0.1, -0.05) is 35.9 Å². The summed E-state index contributed by atoms with van der Waals surface area (Å²) in [6, 6.07) is 18.1. The molecule has 0 spiro atoms. The minimum absolute atomic E-state index is 0.0370. The number of carbonyl (C=O) groups is 1. The summed E-state index contributed by atoms with van der Waals surface area (Å²) in [6.45, 7) is 1.99. The fourth-order valence-corrected chi connectivity index (χ4v) is 5.27. The van der Waals surface area contributed by atoms with E-state index in [4.69, 9.17) is 21.1 Å². The monoisotopic (exact) mass is 458 g/mol. The molecule has 1 heterocycles. The Balaban J connectivity index is 1.66. The van der Waals surface area contributed by atoms with E-state index in [0.29, 0.717) is 17.2 Å². The number of carbonyl (C=O) groups excluding carboxylic acids is 1. The maximum atomic E-state index is 13.3. The van der Waals surface area contributed by atoms with Gasteiger partial charge >= 0.3 is 0 Å². The van der Waals surface area contributed by atoms with Gasteiger partial charge in [-0.25, -0.2) is 8.42 Å². The van der Waals surface area contributed by atoms with Crippen molar-refractivity contribution in [3.05, 3.63) is 77.3 Å². The van der Waals surface area contributed by atoms with Crippen molar-refractivity contribution in [3.8, 4) is 11.5 Å². The van der Waals surface area contributed by atoms with E-state index in [2.05, 4.69) is 5.32 Å². The van der Waals surface area contributed by atoms with Crippen molar-refractivity contribution >= 4 is 38.9 Å². The third-order valence-electron chi connectivity index (χ3n) is 4.73. The summed E-state index contributed by atoms with van der Waals surface area (Å²) < 4.78 is 38.6. The van der Waals surface area contributed by atoms with Gasteiger partial charge in [0.15, 0.2) is 11.5 Å². The highest BCUT2D eigenvalue weighted by Crippen LogP contribution is 2.36. The van der Waals surface area contributed by atoms with Crippen LogP contribution in [-0.4, -0.2) is 27.7 Å². The van der Waals surface area contributed by atoms with Gasteiger partial charge in [0.2, 0.25) is 6.79 Å². The normalized spacial score (nSPS) is 12.5. The number of nitrogens with zero attached hydrogens (tertiary/aromatic N) is 1. The number of anilines is 2. The largest absolute Gasteiger partial charge is 0.454 e. The molecule has 0 aromatic heterocycles. The quantitative estimate of drug-likeness (QED) is 0.586. The number of benzene rings is 3. The van der Waals surface area contributed by atoms with Crippen LogP contribution < -0.4 is 19.1 Å². The molecule has 4 rings (SSSR count). The van der Waals surface area contributed by atoms with E-state index in [1.807, 2.05) is 6.07 Å². The van der Waals surface area contributed by atoms with Crippen LogP contribution in [-0.2, 0) is 10.0 Å². The maximum Gasteiger partial charge on any atom is 0.265 e. The van der Waals surface area contributed by atoms with Gasteiger partial charge in [-0.15, -0.1) is 0 Å². The zero-order valence-electron chi connectivity index (χ0n) is 16.5. The Kier molecular flexibility index (Phi) is 5.75. The van der Waals surface area contributed by atoms with E-state index < -0.39 is 15.9 Å². The number of sulfonamides is 1. The Bertz CT molecular complexity index is 1230. The second kappa shape index (κ2) is 8.49. The number of hydrogen-bond acceptors (Lipinski definition) is 5. The molecule has 0 saturated carbocycles. The van der Waals surface area contributed by atoms with Crippen LogP contribution in [0.25, 0.3) is 0 Å². The molecule has 0 aliphatic carbocycles. The molecule has 0 bridgehead atoms. The first kappa shape index (κ1) is 21.0. The van der Waals surface area contributed by atoms with Crippen molar-refractivity contribution in [2.24, 2.45) is 0 Å². The van der Waals surface area contributed by atoms with Gasteiger partial charge in [-0.3, -0.25) is 9.10 Å². The molecule has 1 aliphatic heterocycles. The predicted octanol–water partition coefficient (Wildman–Crippen LogP) is 4.54. The van der Waals surface area contributed by atoms with Crippen LogP contribution in [0.3, 0.4) is 0 Å². The first-order valence-electron chi connectivity index (χ1n) is 9.49. The lowest BCUT2D eigenvalue weighted by Gasteiger charge is -2.23. The fourth-order valence-electron chi connectivity index (χ4n) is 3.29. The van der Waals surface area contributed by atoms with E-state index in [-0.39, 0.29) is 34.5 Å². The number of halogens is 1. The number of rotatable bonds is 6. The fraction of sp³-hybridized carbons (Fsp3) is 0.136. The number of amides is 1. The Hall–Kier alpha value is -3.23. The van der Waals surface area contributed by atoms with Gasteiger partial charge in [0.05, 0.1) is 16.3 Å². The zero-order chi connectivity index (χ0) is 22.0. The molecular formula is C22H19ClN2O5S. The zero-order valence-corrected chi connectivity index (χ0v) is 18.1. The molecule has 0 fully saturated rings. The number of fused-ring (bicyclic) bond motifs is 1. The summed E-state index contributed by atoms with van der Waals surface area (Å²) in [5.74, 6) is 0.375. The molecule has 31 heavy (non-hydrogen) atoms. The van der Waals surface area contributed by atoms with Crippen LogP contribution in [0.4, 0.5) is 11.4 Å². The summed E-state index contributed by atoms with van der Waals surface area (Å²) in [5.41, 5.74) is 1.09. The highest BCUT2D eigenvalue weighted by molar-refractivity contribution is 7.93. The lowest BCUT2D eigenvalue weighted by Crippen LogP contribution is -2.31. The molecule has 0 radical (unpaired) electrons. The van der Waals surface area contributed by atoms with E-state index in [1.165, 1.54) is 16.4 Å². The molecule has 3 aromatic rings. The second-order valence-corrected chi connectivity index (χ2v) is 8.88. The molecule has 1 N–H and O–H groups in total. The summed E-state index contributed by atoms with van der Waals surface area (Å²) in [6.07, 6.45) is 0. The number of para-hydroxylation sites is 2. The third kappa shape index (κ3) is 4.04. The average Bonchev–Trinajstić information content (AvgIpc) is 3.25. The van der Waals surface area contributed by atoms with Gasteiger partial charge in [-0.2, -0.15) is 0 Å². The van der Waals surface area contributed by atoms with Crippen molar-refractivity contribution in [1.82, 2.24) is 0 Å². The van der Waals surface area contributed by atoms with Crippen molar-refractivity contribution in [2.45, 2.75) is 11.8 Å². The minimum atomic E-state index is -3.96. The molecule has 0 atom stereocenters. The summed E-state index contributed by atoms with van der Waals surface area (Å²) in [4.78, 5) is 12.7. The molecule has 7 nitrogen and oxygen atoms in total. The third-order valence-corrected chi connectivity index (χ3v) is 7.11. The maximum absolute atomic E-state index is 13.3. The second-order valence-electron chi connectivity index (χ2n) is 6.64.